The second kappa shape index (κ2) is 6.02. The van der Waals surface area contributed by atoms with Gasteiger partial charge in [0.05, 0.1) is 22.7 Å². The molecule has 0 aromatic carbocycles. The first-order valence-electron chi connectivity index (χ1n) is 6.62. The highest BCUT2D eigenvalue weighted by molar-refractivity contribution is 5.54. The summed E-state index contributed by atoms with van der Waals surface area (Å²) in [5.74, 6) is 5.77. The van der Waals surface area contributed by atoms with Gasteiger partial charge in [-0.25, -0.2) is 10.8 Å². The molecule has 1 fully saturated rings. The van der Waals surface area contributed by atoms with Crippen molar-refractivity contribution in [2.24, 2.45) is 5.84 Å². The Hall–Kier alpha value is -1.93. The normalized spacial score (nSPS) is 17.5. The number of anilines is 2. The molecule has 0 aliphatic heterocycles. The lowest BCUT2D eigenvalue weighted by molar-refractivity contribution is -0.384. The molecule has 0 radical (unpaired) electrons. The number of nitrogens with one attached hydrogen (secondary N) is 2. The van der Waals surface area contributed by atoms with Crippen molar-refractivity contribution in [1.82, 2.24) is 4.98 Å². The maximum atomic E-state index is 10.8. The van der Waals surface area contributed by atoms with Gasteiger partial charge in [0.25, 0.3) is 5.69 Å². The quantitative estimate of drug-likeness (QED) is 0.365. The highest BCUT2D eigenvalue weighted by Crippen LogP contribution is 2.28. The summed E-state index contributed by atoms with van der Waals surface area (Å²) >= 11 is 0. The molecular formula is C12H19N5O3. The maximum absolute atomic E-state index is 10.8. The molecule has 20 heavy (non-hydrogen) atoms. The Morgan fingerprint density at radius 3 is 2.60 bits per heavy atom. The standard InChI is InChI=1S/C12H19N5O3/c13-16-11-7-9(17(19)20)6-10(15-11)14-8-12(18)4-2-1-3-5-12/h6-7,18H,1-5,8,13H2,(H2,14,15,16). The fourth-order valence-electron chi connectivity index (χ4n) is 2.43. The molecule has 0 amide bonds. The molecule has 1 aromatic heterocycles. The van der Waals surface area contributed by atoms with Crippen LogP contribution < -0.4 is 16.6 Å². The Bertz CT molecular complexity index is 488. The van der Waals surface area contributed by atoms with Crippen LogP contribution in [-0.2, 0) is 0 Å². The van der Waals surface area contributed by atoms with Crippen LogP contribution in [0, 0.1) is 10.1 Å². The molecule has 8 heteroatoms. The second-order valence-electron chi connectivity index (χ2n) is 5.14. The lowest BCUT2D eigenvalue weighted by Crippen LogP contribution is -2.39. The Labute approximate surface area is 116 Å². The Kier molecular flexibility index (Phi) is 4.35. The van der Waals surface area contributed by atoms with E-state index in [4.69, 9.17) is 5.84 Å². The summed E-state index contributed by atoms with van der Waals surface area (Å²) < 4.78 is 0. The molecule has 1 saturated carbocycles. The molecule has 2 rings (SSSR count). The van der Waals surface area contributed by atoms with Crippen molar-refractivity contribution in [3.63, 3.8) is 0 Å². The van der Waals surface area contributed by atoms with Gasteiger partial charge in [0.15, 0.2) is 0 Å². The van der Waals surface area contributed by atoms with Gasteiger partial charge >= 0.3 is 0 Å². The third-order valence-corrected chi connectivity index (χ3v) is 3.55. The fraction of sp³-hybridized carbons (Fsp3) is 0.583. The number of hydrogen-bond donors (Lipinski definition) is 4. The summed E-state index contributed by atoms with van der Waals surface area (Å²) in [6.07, 6.45) is 4.60. The number of pyridine rings is 1. The van der Waals surface area contributed by atoms with E-state index in [1.807, 2.05) is 0 Å². The van der Waals surface area contributed by atoms with Crippen LogP contribution in [0.1, 0.15) is 32.1 Å². The van der Waals surface area contributed by atoms with Gasteiger partial charge in [-0.3, -0.25) is 10.1 Å². The van der Waals surface area contributed by atoms with E-state index in [2.05, 4.69) is 15.7 Å². The predicted molar refractivity (Wildman–Crippen MR) is 75.2 cm³/mol. The molecule has 8 nitrogen and oxygen atoms in total. The van der Waals surface area contributed by atoms with Gasteiger partial charge in [0.1, 0.15) is 11.6 Å². The maximum Gasteiger partial charge on any atom is 0.276 e. The number of nitro groups is 1. The van der Waals surface area contributed by atoms with Crippen molar-refractivity contribution >= 4 is 17.3 Å². The van der Waals surface area contributed by atoms with Gasteiger partial charge in [0, 0.05) is 6.54 Å². The number of aliphatic hydroxyl groups is 1. The van der Waals surface area contributed by atoms with E-state index in [0.717, 1.165) is 32.1 Å². The van der Waals surface area contributed by atoms with E-state index in [-0.39, 0.29) is 11.5 Å². The van der Waals surface area contributed by atoms with E-state index in [1.165, 1.54) is 12.1 Å². The second-order valence-corrected chi connectivity index (χ2v) is 5.14. The van der Waals surface area contributed by atoms with Gasteiger partial charge in [-0.2, -0.15) is 0 Å². The van der Waals surface area contributed by atoms with Crippen LogP contribution in [0.4, 0.5) is 17.3 Å². The van der Waals surface area contributed by atoms with Crippen LogP contribution in [0.5, 0.6) is 0 Å². The monoisotopic (exact) mass is 281 g/mol. The molecule has 1 aromatic rings. The zero-order chi connectivity index (χ0) is 14.6. The van der Waals surface area contributed by atoms with Crippen LogP contribution in [0.25, 0.3) is 0 Å². The Balaban J connectivity index is 2.08. The van der Waals surface area contributed by atoms with Crippen molar-refractivity contribution in [3.05, 3.63) is 22.2 Å². The van der Waals surface area contributed by atoms with Crippen molar-refractivity contribution in [2.75, 3.05) is 17.3 Å². The van der Waals surface area contributed by atoms with E-state index < -0.39 is 10.5 Å². The van der Waals surface area contributed by atoms with Crippen LogP contribution in [-0.4, -0.2) is 27.2 Å². The summed E-state index contributed by atoms with van der Waals surface area (Å²) in [6, 6.07) is 2.58. The average molecular weight is 281 g/mol. The molecule has 0 saturated heterocycles. The number of rotatable bonds is 5. The average Bonchev–Trinajstić information content (AvgIpc) is 2.45. The van der Waals surface area contributed by atoms with Crippen molar-refractivity contribution in [1.29, 1.82) is 0 Å². The van der Waals surface area contributed by atoms with Crippen LogP contribution in [0.3, 0.4) is 0 Å². The number of hydrazine groups is 1. The first-order valence-corrected chi connectivity index (χ1v) is 6.62. The number of nitrogens with two attached hydrogens (primary N) is 1. The number of nitrogens with zero attached hydrogens (tertiary/aromatic N) is 2. The predicted octanol–water partition coefficient (Wildman–Crippen LogP) is 1.38. The summed E-state index contributed by atoms with van der Waals surface area (Å²) in [5.41, 5.74) is 1.42. The summed E-state index contributed by atoms with van der Waals surface area (Å²) in [7, 11) is 0. The van der Waals surface area contributed by atoms with Crippen LogP contribution in [0.2, 0.25) is 0 Å². The van der Waals surface area contributed by atoms with Gasteiger partial charge in [-0.1, -0.05) is 19.3 Å². The van der Waals surface area contributed by atoms with Crippen molar-refractivity contribution < 1.29 is 10.0 Å². The topological polar surface area (TPSA) is 126 Å². The molecule has 0 spiro atoms. The third-order valence-electron chi connectivity index (χ3n) is 3.55. The first-order chi connectivity index (χ1) is 9.52. The molecule has 1 aliphatic carbocycles. The number of aromatic nitrogens is 1. The molecular weight excluding hydrogens is 262 g/mol. The Morgan fingerprint density at radius 2 is 2.00 bits per heavy atom. The minimum absolute atomic E-state index is 0.105. The molecule has 0 bridgehead atoms. The van der Waals surface area contributed by atoms with E-state index >= 15 is 0 Å². The summed E-state index contributed by atoms with van der Waals surface area (Å²) in [5, 5.41) is 24.2. The molecule has 1 heterocycles. The molecule has 1 aliphatic rings. The highest BCUT2D eigenvalue weighted by atomic mass is 16.6. The van der Waals surface area contributed by atoms with Crippen LogP contribution >= 0.6 is 0 Å². The van der Waals surface area contributed by atoms with Crippen molar-refractivity contribution in [3.8, 4) is 0 Å². The van der Waals surface area contributed by atoms with E-state index in [1.54, 1.807) is 0 Å². The lowest BCUT2D eigenvalue weighted by Gasteiger charge is -2.32. The molecule has 110 valence electrons. The SMILES string of the molecule is NNc1cc([N+](=O)[O-])cc(NCC2(O)CCCCC2)n1. The largest absolute Gasteiger partial charge is 0.388 e. The van der Waals surface area contributed by atoms with Gasteiger partial charge in [-0.05, 0) is 12.8 Å². The van der Waals surface area contributed by atoms with Gasteiger partial charge in [-0.15, -0.1) is 0 Å². The molecule has 5 N–H and O–H groups in total. The van der Waals surface area contributed by atoms with Gasteiger partial charge < -0.3 is 15.8 Å². The van der Waals surface area contributed by atoms with Gasteiger partial charge in [0.2, 0.25) is 0 Å². The van der Waals surface area contributed by atoms with Crippen molar-refractivity contribution in [2.45, 2.75) is 37.7 Å². The number of nitrogen functional groups attached to an aromatic ring is 1. The third kappa shape index (κ3) is 3.55. The summed E-state index contributed by atoms with van der Waals surface area (Å²) in [4.78, 5) is 14.4. The zero-order valence-corrected chi connectivity index (χ0v) is 11.1. The first kappa shape index (κ1) is 14.5. The highest BCUT2D eigenvalue weighted by Gasteiger charge is 2.29. The smallest absolute Gasteiger partial charge is 0.276 e. The zero-order valence-electron chi connectivity index (χ0n) is 11.1. The van der Waals surface area contributed by atoms with E-state index in [0.29, 0.717) is 12.4 Å². The summed E-state index contributed by atoms with van der Waals surface area (Å²) in [6.45, 7) is 0.325. The molecule has 0 atom stereocenters. The lowest BCUT2D eigenvalue weighted by atomic mass is 9.85. The minimum atomic E-state index is -0.763. The fourth-order valence-corrected chi connectivity index (χ4v) is 2.43. The van der Waals surface area contributed by atoms with E-state index in [9.17, 15) is 15.2 Å². The minimum Gasteiger partial charge on any atom is -0.388 e. The number of hydrogen-bond acceptors (Lipinski definition) is 7. The molecule has 0 unspecified atom stereocenters. The van der Waals surface area contributed by atoms with Crippen LogP contribution in [0.15, 0.2) is 12.1 Å². The Morgan fingerprint density at radius 1 is 1.35 bits per heavy atom.